The third-order valence-electron chi connectivity index (χ3n) is 4.69. The fourth-order valence-electron chi connectivity index (χ4n) is 3.23. The SMILES string of the molecule is Cc1cccc(Oc2ccccc2NC(=O)c2nc(N3CCCC3)ncc2Cl)c1. The Balaban J connectivity index is 1.57. The second kappa shape index (κ2) is 8.49. The van der Waals surface area contributed by atoms with Crippen LogP contribution in [0.4, 0.5) is 11.6 Å². The lowest BCUT2D eigenvalue weighted by atomic mass is 10.2. The fraction of sp³-hybridized carbons (Fsp3) is 0.227. The standard InChI is InChI=1S/C22H21ClN4O2/c1-15-7-6-8-16(13-15)29-19-10-3-2-9-18(19)25-21(28)20-17(23)14-24-22(26-20)27-11-4-5-12-27/h2-3,6-10,13-14H,4-5,11-12H2,1H3,(H,25,28). The van der Waals surface area contributed by atoms with Crippen molar-refractivity contribution in [1.29, 1.82) is 0 Å². The molecule has 1 fully saturated rings. The number of benzene rings is 2. The summed E-state index contributed by atoms with van der Waals surface area (Å²) in [4.78, 5) is 23.6. The van der Waals surface area contributed by atoms with Crippen LogP contribution in [0.15, 0.2) is 54.7 Å². The predicted octanol–water partition coefficient (Wildman–Crippen LogP) is 5.08. The van der Waals surface area contributed by atoms with Crippen LogP contribution in [0.3, 0.4) is 0 Å². The molecule has 0 bridgehead atoms. The molecule has 0 spiro atoms. The maximum Gasteiger partial charge on any atom is 0.276 e. The fourth-order valence-corrected chi connectivity index (χ4v) is 3.41. The van der Waals surface area contributed by atoms with E-state index in [2.05, 4.69) is 20.2 Å². The van der Waals surface area contributed by atoms with Crippen LogP contribution < -0.4 is 15.0 Å². The summed E-state index contributed by atoms with van der Waals surface area (Å²) in [6.45, 7) is 3.77. The lowest BCUT2D eigenvalue weighted by Gasteiger charge is -2.16. The van der Waals surface area contributed by atoms with Crippen molar-refractivity contribution in [2.24, 2.45) is 0 Å². The minimum absolute atomic E-state index is 0.147. The molecular weight excluding hydrogens is 388 g/mol. The third kappa shape index (κ3) is 4.49. The first-order valence-corrected chi connectivity index (χ1v) is 9.90. The predicted molar refractivity (Wildman–Crippen MR) is 114 cm³/mol. The van der Waals surface area contributed by atoms with E-state index in [1.54, 1.807) is 12.1 Å². The van der Waals surface area contributed by atoms with Crippen molar-refractivity contribution in [2.45, 2.75) is 19.8 Å². The molecule has 0 aliphatic carbocycles. The molecule has 1 aliphatic heterocycles. The lowest BCUT2D eigenvalue weighted by molar-refractivity contribution is 0.102. The molecule has 0 radical (unpaired) electrons. The molecule has 7 heteroatoms. The minimum Gasteiger partial charge on any atom is -0.455 e. The molecule has 0 atom stereocenters. The van der Waals surface area contributed by atoms with E-state index in [1.807, 2.05) is 43.3 Å². The van der Waals surface area contributed by atoms with Gasteiger partial charge in [-0.05, 0) is 49.6 Å². The molecule has 1 amide bonds. The minimum atomic E-state index is -0.405. The van der Waals surface area contributed by atoms with Crippen LogP contribution in [0, 0.1) is 6.92 Å². The Labute approximate surface area is 174 Å². The summed E-state index contributed by atoms with van der Waals surface area (Å²) >= 11 is 6.22. The zero-order valence-corrected chi connectivity index (χ0v) is 16.8. The highest BCUT2D eigenvalue weighted by Crippen LogP contribution is 2.30. The number of carbonyl (C=O) groups is 1. The van der Waals surface area contributed by atoms with Crippen molar-refractivity contribution in [2.75, 3.05) is 23.3 Å². The Morgan fingerprint density at radius 3 is 2.72 bits per heavy atom. The Bertz CT molecular complexity index is 1030. The Morgan fingerprint density at radius 2 is 1.93 bits per heavy atom. The van der Waals surface area contributed by atoms with E-state index in [4.69, 9.17) is 16.3 Å². The van der Waals surface area contributed by atoms with Gasteiger partial charge in [-0.1, -0.05) is 35.9 Å². The van der Waals surface area contributed by atoms with Gasteiger partial charge in [0.25, 0.3) is 5.91 Å². The molecular formula is C22H21ClN4O2. The van der Waals surface area contributed by atoms with Gasteiger partial charge in [-0.25, -0.2) is 9.97 Å². The third-order valence-corrected chi connectivity index (χ3v) is 4.96. The molecule has 29 heavy (non-hydrogen) atoms. The van der Waals surface area contributed by atoms with Gasteiger partial charge in [-0.3, -0.25) is 4.79 Å². The number of nitrogens with one attached hydrogen (secondary N) is 1. The lowest BCUT2D eigenvalue weighted by Crippen LogP contribution is -2.23. The highest BCUT2D eigenvalue weighted by Gasteiger charge is 2.20. The summed E-state index contributed by atoms with van der Waals surface area (Å²) in [5, 5.41) is 3.07. The van der Waals surface area contributed by atoms with Gasteiger partial charge in [-0.2, -0.15) is 0 Å². The Morgan fingerprint density at radius 1 is 1.14 bits per heavy atom. The van der Waals surface area contributed by atoms with E-state index in [0.29, 0.717) is 23.1 Å². The number of hydrogen-bond donors (Lipinski definition) is 1. The molecule has 1 saturated heterocycles. The number of amides is 1. The molecule has 1 aromatic heterocycles. The van der Waals surface area contributed by atoms with Crippen LogP contribution in [0.2, 0.25) is 5.02 Å². The van der Waals surface area contributed by atoms with Gasteiger partial charge in [0, 0.05) is 13.1 Å². The molecule has 2 heterocycles. The van der Waals surface area contributed by atoms with Gasteiger partial charge >= 0.3 is 0 Å². The van der Waals surface area contributed by atoms with Crippen molar-refractivity contribution < 1.29 is 9.53 Å². The number of halogens is 1. The number of anilines is 2. The van der Waals surface area contributed by atoms with E-state index in [-0.39, 0.29) is 10.7 Å². The zero-order valence-electron chi connectivity index (χ0n) is 16.1. The summed E-state index contributed by atoms with van der Waals surface area (Å²) in [7, 11) is 0. The number of aryl methyl sites for hydroxylation is 1. The maximum atomic E-state index is 12.9. The van der Waals surface area contributed by atoms with E-state index in [9.17, 15) is 4.79 Å². The highest BCUT2D eigenvalue weighted by atomic mass is 35.5. The number of aromatic nitrogens is 2. The smallest absolute Gasteiger partial charge is 0.276 e. The quantitative estimate of drug-likeness (QED) is 0.637. The van der Waals surface area contributed by atoms with Gasteiger partial charge in [0.1, 0.15) is 5.75 Å². The maximum absolute atomic E-state index is 12.9. The van der Waals surface area contributed by atoms with Crippen molar-refractivity contribution in [3.8, 4) is 11.5 Å². The topological polar surface area (TPSA) is 67.3 Å². The first-order chi connectivity index (χ1) is 14.1. The number of para-hydroxylation sites is 2. The Hall–Kier alpha value is -3.12. The van der Waals surface area contributed by atoms with Gasteiger partial charge in [0.05, 0.1) is 16.9 Å². The van der Waals surface area contributed by atoms with Gasteiger partial charge < -0.3 is 15.0 Å². The van der Waals surface area contributed by atoms with Gasteiger partial charge in [-0.15, -0.1) is 0 Å². The average Bonchev–Trinajstić information content (AvgIpc) is 3.25. The van der Waals surface area contributed by atoms with Crippen molar-refractivity contribution >= 4 is 29.1 Å². The normalized spacial score (nSPS) is 13.4. The summed E-state index contributed by atoms with van der Waals surface area (Å²) < 4.78 is 5.97. The first-order valence-electron chi connectivity index (χ1n) is 9.52. The molecule has 6 nitrogen and oxygen atoms in total. The van der Waals surface area contributed by atoms with Gasteiger partial charge in [0.2, 0.25) is 5.95 Å². The van der Waals surface area contributed by atoms with Crippen LogP contribution in [-0.2, 0) is 0 Å². The molecule has 2 aromatic carbocycles. The van der Waals surface area contributed by atoms with Gasteiger partial charge in [0.15, 0.2) is 11.4 Å². The molecule has 4 rings (SSSR count). The number of carbonyl (C=O) groups excluding carboxylic acids is 1. The number of ether oxygens (including phenoxy) is 1. The molecule has 0 unspecified atom stereocenters. The number of rotatable bonds is 5. The first kappa shape index (κ1) is 19.2. The highest BCUT2D eigenvalue weighted by molar-refractivity contribution is 6.34. The van der Waals surface area contributed by atoms with Crippen LogP contribution >= 0.6 is 11.6 Å². The van der Waals surface area contributed by atoms with Crippen molar-refractivity contribution in [1.82, 2.24) is 9.97 Å². The van der Waals surface area contributed by atoms with Crippen LogP contribution in [0.5, 0.6) is 11.5 Å². The molecule has 1 N–H and O–H groups in total. The van der Waals surface area contributed by atoms with Crippen LogP contribution in [0.25, 0.3) is 0 Å². The van der Waals surface area contributed by atoms with E-state index >= 15 is 0 Å². The van der Waals surface area contributed by atoms with Crippen LogP contribution in [0.1, 0.15) is 28.9 Å². The second-order valence-electron chi connectivity index (χ2n) is 6.93. The second-order valence-corrected chi connectivity index (χ2v) is 7.34. The molecule has 1 aliphatic rings. The van der Waals surface area contributed by atoms with Crippen molar-refractivity contribution in [3.05, 3.63) is 71.0 Å². The summed E-state index contributed by atoms with van der Waals surface area (Å²) in [5.41, 5.74) is 1.77. The summed E-state index contributed by atoms with van der Waals surface area (Å²) in [6, 6.07) is 15.0. The zero-order chi connectivity index (χ0) is 20.2. The van der Waals surface area contributed by atoms with E-state index in [0.717, 1.165) is 31.5 Å². The number of hydrogen-bond acceptors (Lipinski definition) is 5. The van der Waals surface area contributed by atoms with E-state index < -0.39 is 5.91 Å². The molecule has 0 saturated carbocycles. The average molecular weight is 409 g/mol. The summed E-state index contributed by atoms with van der Waals surface area (Å²) in [5.74, 6) is 1.36. The summed E-state index contributed by atoms with van der Waals surface area (Å²) in [6.07, 6.45) is 3.67. The Kier molecular flexibility index (Phi) is 5.62. The molecule has 3 aromatic rings. The molecule has 148 valence electrons. The number of nitrogens with zero attached hydrogens (tertiary/aromatic N) is 3. The van der Waals surface area contributed by atoms with Crippen LogP contribution in [-0.4, -0.2) is 29.0 Å². The van der Waals surface area contributed by atoms with Crippen molar-refractivity contribution in [3.63, 3.8) is 0 Å². The monoisotopic (exact) mass is 408 g/mol. The van der Waals surface area contributed by atoms with E-state index in [1.165, 1.54) is 6.20 Å². The largest absolute Gasteiger partial charge is 0.455 e.